The number of hydrogen-bond acceptors (Lipinski definition) is 3. The summed E-state index contributed by atoms with van der Waals surface area (Å²) in [4.78, 5) is 4.04. The van der Waals surface area contributed by atoms with E-state index >= 15 is 0 Å². The highest BCUT2D eigenvalue weighted by Crippen LogP contribution is 2.25. The number of pyridine rings is 1. The number of nitrogens with one attached hydrogen (secondary N) is 1. The van der Waals surface area contributed by atoms with E-state index in [2.05, 4.69) is 10.3 Å². The van der Waals surface area contributed by atoms with Crippen LogP contribution < -0.4 is 5.32 Å². The summed E-state index contributed by atoms with van der Waals surface area (Å²) in [5, 5.41) is 3.81. The average Bonchev–Trinajstić information content (AvgIpc) is 2.71. The smallest absolute Gasteiger partial charge is 0.134 e. The molecule has 1 fully saturated rings. The molecule has 15 heavy (non-hydrogen) atoms. The molecule has 0 aliphatic carbocycles. The van der Waals surface area contributed by atoms with Gasteiger partial charge in [0.15, 0.2) is 0 Å². The summed E-state index contributed by atoms with van der Waals surface area (Å²) < 4.78 is 5.89. The lowest BCUT2D eigenvalue weighted by molar-refractivity contribution is 0.00818. The van der Waals surface area contributed by atoms with E-state index in [1.165, 1.54) is 0 Å². The van der Waals surface area contributed by atoms with E-state index in [0.717, 1.165) is 25.1 Å². The number of ether oxygens (including phenoxy) is 1. The van der Waals surface area contributed by atoms with Gasteiger partial charge in [-0.25, -0.2) is 4.98 Å². The van der Waals surface area contributed by atoms with E-state index in [1.807, 2.05) is 19.1 Å². The molecular weight excluding hydrogens is 212 g/mol. The van der Waals surface area contributed by atoms with E-state index in [9.17, 15) is 0 Å². The molecule has 4 heteroatoms. The summed E-state index contributed by atoms with van der Waals surface area (Å²) in [7, 11) is 0. The fraction of sp³-hybridized carbons (Fsp3) is 0.545. The molecule has 2 heterocycles. The second kappa shape index (κ2) is 4.92. The van der Waals surface area contributed by atoms with Crippen LogP contribution in [0.1, 0.15) is 25.0 Å². The lowest BCUT2D eigenvalue weighted by Gasteiger charge is -2.18. The Balaban J connectivity index is 2.00. The molecule has 1 aromatic heterocycles. The van der Waals surface area contributed by atoms with Crippen molar-refractivity contribution in [2.45, 2.75) is 25.6 Å². The highest BCUT2D eigenvalue weighted by Gasteiger charge is 2.19. The van der Waals surface area contributed by atoms with Crippen LogP contribution in [-0.4, -0.2) is 24.2 Å². The maximum atomic E-state index is 6.00. The largest absolute Gasteiger partial charge is 0.369 e. The Labute approximate surface area is 94.8 Å². The molecule has 0 bridgehead atoms. The molecule has 1 aromatic rings. The summed E-state index contributed by atoms with van der Waals surface area (Å²) in [6, 6.07) is 3.84. The van der Waals surface area contributed by atoms with Crippen molar-refractivity contribution >= 4 is 11.6 Å². The molecule has 0 spiro atoms. The van der Waals surface area contributed by atoms with Gasteiger partial charge >= 0.3 is 0 Å². The van der Waals surface area contributed by atoms with Gasteiger partial charge in [0, 0.05) is 18.3 Å². The Kier molecular flexibility index (Phi) is 3.57. The standard InChI is InChI=1S/C11H15ClN2O/c1-8(15-9-4-6-13-7-9)10-3-2-5-14-11(10)12/h2-3,5,8-9,13H,4,6-7H2,1H3/t8-,9+/m1/s1. The minimum Gasteiger partial charge on any atom is -0.369 e. The number of hydrogen-bond donors (Lipinski definition) is 1. The lowest BCUT2D eigenvalue weighted by atomic mass is 10.2. The molecule has 3 nitrogen and oxygen atoms in total. The predicted molar refractivity (Wildman–Crippen MR) is 60.0 cm³/mol. The molecule has 0 amide bonds. The van der Waals surface area contributed by atoms with Gasteiger partial charge in [0.1, 0.15) is 5.15 Å². The van der Waals surface area contributed by atoms with E-state index in [0.29, 0.717) is 11.3 Å². The lowest BCUT2D eigenvalue weighted by Crippen LogP contribution is -2.18. The van der Waals surface area contributed by atoms with E-state index in [4.69, 9.17) is 16.3 Å². The quantitative estimate of drug-likeness (QED) is 0.803. The molecule has 2 rings (SSSR count). The number of halogens is 1. The zero-order valence-corrected chi connectivity index (χ0v) is 9.50. The van der Waals surface area contributed by atoms with Gasteiger partial charge in [-0.15, -0.1) is 0 Å². The van der Waals surface area contributed by atoms with Crippen molar-refractivity contribution in [1.29, 1.82) is 0 Å². The van der Waals surface area contributed by atoms with Gasteiger partial charge in [0.2, 0.25) is 0 Å². The first-order valence-electron chi connectivity index (χ1n) is 5.24. The Morgan fingerprint density at radius 2 is 2.53 bits per heavy atom. The molecule has 2 atom stereocenters. The second-order valence-electron chi connectivity index (χ2n) is 3.78. The van der Waals surface area contributed by atoms with Crippen molar-refractivity contribution < 1.29 is 4.74 Å². The first-order chi connectivity index (χ1) is 7.27. The normalized spacial score (nSPS) is 22.9. The number of aromatic nitrogens is 1. The molecule has 0 aromatic carbocycles. The summed E-state index contributed by atoms with van der Waals surface area (Å²) in [5.41, 5.74) is 0.964. The third kappa shape index (κ3) is 2.68. The van der Waals surface area contributed by atoms with Gasteiger partial charge in [-0.3, -0.25) is 0 Å². The molecule has 0 unspecified atom stereocenters. The van der Waals surface area contributed by atoms with Gasteiger partial charge < -0.3 is 10.1 Å². The van der Waals surface area contributed by atoms with E-state index in [1.54, 1.807) is 6.20 Å². The van der Waals surface area contributed by atoms with Gasteiger partial charge in [0.25, 0.3) is 0 Å². The van der Waals surface area contributed by atoms with E-state index < -0.39 is 0 Å². The topological polar surface area (TPSA) is 34.1 Å². The van der Waals surface area contributed by atoms with Gasteiger partial charge in [-0.1, -0.05) is 17.7 Å². The van der Waals surface area contributed by atoms with Crippen LogP contribution in [0.4, 0.5) is 0 Å². The predicted octanol–water partition coefficient (Wildman–Crippen LogP) is 2.17. The maximum Gasteiger partial charge on any atom is 0.134 e. The van der Waals surface area contributed by atoms with Crippen molar-refractivity contribution in [2.24, 2.45) is 0 Å². The highest BCUT2D eigenvalue weighted by atomic mass is 35.5. The van der Waals surface area contributed by atoms with E-state index in [-0.39, 0.29) is 6.10 Å². The van der Waals surface area contributed by atoms with Crippen LogP contribution in [0, 0.1) is 0 Å². The van der Waals surface area contributed by atoms with Crippen molar-refractivity contribution in [2.75, 3.05) is 13.1 Å². The molecule has 0 radical (unpaired) electrons. The van der Waals surface area contributed by atoms with Crippen LogP contribution in [-0.2, 0) is 4.74 Å². The zero-order chi connectivity index (χ0) is 10.7. The summed E-state index contributed by atoms with van der Waals surface area (Å²) in [6.07, 6.45) is 3.07. The number of rotatable bonds is 3. The molecule has 1 saturated heterocycles. The Hall–Kier alpha value is -0.640. The highest BCUT2D eigenvalue weighted by molar-refractivity contribution is 6.30. The number of nitrogens with zero attached hydrogens (tertiary/aromatic N) is 1. The Morgan fingerprint density at radius 1 is 1.67 bits per heavy atom. The third-order valence-electron chi connectivity index (χ3n) is 2.64. The third-order valence-corrected chi connectivity index (χ3v) is 2.95. The first kappa shape index (κ1) is 10.9. The zero-order valence-electron chi connectivity index (χ0n) is 8.74. The molecule has 1 N–H and O–H groups in total. The molecule has 1 aliphatic heterocycles. The Bertz CT molecular complexity index is 326. The van der Waals surface area contributed by atoms with Gasteiger partial charge in [-0.2, -0.15) is 0 Å². The molecule has 1 aliphatic rings. The maximum absolute atomic E-state index is 6.00. The van der Waals surface area contributed by atoms with Crippen LogP contribution in [0.15, 0.2) is 18.3 Å². The van der Waals surface area contributed by atoms with Crippen molar-refractivity contribution in [3.8, 4) is 0 Å². The monoisotopic (exact) mass is 226 g/mol. The van der Waals surface area contributed by atoms with Gasteiger partial charge in [0.05, 0.1) is 12.2 Å². The van der Waals surface area contributed by atoms with Crippen LogP contribution in [0.3, 0.4) is 0 Å². The fourth-order valence-electron chi connectivity index (χ4n) is 1.81. The van der Waals surface area contributed by atoms with Crippen LogP contribution >= 0.6 is 11.6 Å². The minimum absolute atomic E-state index is 0.0103. The molecule has 0 saturated carbocycles. The van der Waals surface area contributed by atoms with Crippen LogP contribution in [0.2, 0.25) is 5.15 Å². The van der Waals surface area contributed by atoms with Crippen LogP contribution in [0.5, 0.6) is 0 Å². The minimum atomic E-state index is 0.0103. The first-order valence-corrected chi connectivity index (χ1v) is 5.62. The van der Waals surface area contributed by atoms with Crippen molar-refractivity contribution in [3.05, 3.63) is 29.0 Å². The summed E-state index contributed by atoms with van der Waals surface area (Å²) >= 11 is 6.00. The summed E-state index contributed by atoms with van der Waals surface area (Å²) in [5.74, 6) is 0. The second-order valence-corrected chi connectivity index (χ2v) is 4.13. The van der Waals surface area contributed by atoms with Crippen molar-refractivity contribution in [3.63, 3.8) is 0 Å². The summed E-state index contributed by atoms with van der Waals surface area (Å²) in [6.45, 7) is 3.99. The fourth-order valence-corrected chi connectivity index (χ4v) is 2.08. The molecular formula is C11H15ClN2O. The van der Waals surface area contributed by atoms with Crippen molar-refractivity contribution in [1.82, 2.24) is 10.3 Å². The molecule has 82 valence electrons. The van der Waals surface area contributed by atoms with Gasteiger partial charge in [-0.05, 0) is 26.0 Å². The SMILES string of the molecule is C[C@@H](O[C@H]1CCNC1)c1cccnc1Cl. The average molecular weight is 227 g/mol. The Morgan fingerprint density at radius 3 is 3.20 bits per heavy atom. The van der Waals surface area contributed by atoms with Crippen LogP contribution in [0.25, 0.3) is 0 Å².